The number of amides is 1. The molecule has 1 aliphatic heterocycles. The highest BCUT2D eigenvalue weighted by Crippen LogP contribution is 2.19. The number of H-pyrrole nitrogens is 1. The van der Waals surface area contributed by atoms with Crippen LogP contribution in [0, 0.1) is 5.92 Å². The van der Waals surface area contributed by atoms with Crippen molar-refractivity contribution in [1.82, 2.24) is 20.5 Å². The fraction of sp³-hybridized carbons (Fsp3) is 0.357. The third kappa shape index (κ3) is 2.85. The van der Waals surface area contributed by atoms with Crippen LogP contribution in [-0.2, 0) is 11.2 Å². The van der Waals surface area contributed by atoms with Gasteiger partial charge in [-0.25, -0.2) is 0 Å². The van der Waals surface area contributed by atoms with Crippen molar-refractivity contribution in [3.05, 3.63) is 48.0 Å². The van der Waals surface area contributed by atoms with Crippen LogP contribution in [-0.4, -0.2) is 40.3 Å². The predicted octanol–water partition coefficient (Wildman–Crippen LogP) is 0.792. The van der Waals surface area contributed by atoms with Crippen LogP contribution in [0.1, 0.15) is 15.9 Å². The maximum Gasteiger partial charge on any atom is 0.254 e. The van der Waals surface area contributed by atoms with E-state index in [0.717, 1.165) is 6.42 Å². The summed E-state index contributed by atoms with van der Waals surface area (Å²) in [4.78, 5) is 16.0. The molecular weight excluding hydrogens is 256 g/mol. The van der Waals surface area contributed by atoms with Gasteiger partial charge in [-0.1, -0.05) is 0 Å². The molecule has 0 aliphatic carbocycles. The molecule has 0 spiro atoms. The molecule has 2 aromatic rings. The number of pyridine rings is 1. The van der Waals surface area contributed by atoms with E-state index in [0.29, 0.717) is 18.8 Å². The Labute approximate surface area is 116 Å². The van der Waals surface area contributed by atoms with Crippen molar-refractivity contribution >= 4 is 5.91 Å². The molecule has 0 unspecified atom stereocenters. The Bertz CT molecular complexity index is 556. The van der Waals surface area contributed by atoms with Crippen molar-refractivity contribution in [3.63, 3.8) is 0 Å². The van der Waals surface area contributed by atoms with E-state index in [9.17, 15) is 4.79 Å². The van der Waals surface area contributed by atoms with E-state index in [1.165, 1.54) is 11.8 Å². The Morgan fingerprint density at radius 3 is 3.00 bits per heavy atom. The minimum absolute atomic E-state index is 0.0329. The quantitative estimate of drug-likeness (QED) is 0.862. The first-order valence-electron chi connectivity index (χ1n) is 6.59. The van der Waals surface area contributed by atoms with E-state index in [-0.39, 0.29) is 17.9 Å². The molecule has 20 heavy (non-hydrogen) atoms. The molecule has 0 aromatic carbocycles. The number of hydrogen-bond acceptors (Lipinski definition) is 4. The molecule has 3 rings (SSSR count). The Kier molecular flexibility index (Phi) is 3.73. The monoisotopic (exact) mass is 272 g/mol. The molecule has 2 N–H and O–H groups in total. The van der Waals surface area contributed by atoms with Crippen molar-refractivity contribution in [2.24, 2.45) is 5.92 Å². The Morgan fingerprint density at radius 1 is 1.40 bits per heavy atom. The van der Waals surface area contributed by atoms with Crippen LogP contribution < -0.4 is 5.32 Å². The van der Waals surface area contributed by atoms with Crippen molar-refractivity contribution in [2.75, 3.05) is 13.2 Å². The van der Waals surface area contributed by atoms with Gasteiger partial charge in [0.15, 0.2) is 0 Å². The highest BCUT2D eigenvalue weighted by Gasteiger charge is 2.30. The van der Waals surface area contributed by atoms with Crippen molar-refractivity contribution in [3.8, 4) is 0 Å². The molecule has 104 valence electrons. The lowest BCUT2D eigenvalue weighted by molar-refractivity contribution is 0.0925. The van der Waals surface area contributed by atoms with Crippen LogP contribution in [0.5, 0.6) is 0 Å². The molecule has 1 amide bonds. The second-order valence-corrected chi connectivity index (χ2v) is 4.92. The number of nitrogens with zero attached hydrogens (tertiary/aromatic N) is 2. The molecule has 0 saturated carbocycles. The van der Waals surface area contributed by atoms with Crippen LogP contribution in [0.3, 0.4) is 0 Å². The largest absolute Gasteiger partial charge is 0.379 e. The number of carbonyl (C=O) groups excluding carboxylic acids is 1. The van der Waals surface area contributed by atoms with E-state index in [2.05, 4.69) is 20.5 Å². The van der Waals surface area contributed by atoms with Crippen LogP contribution in [0.15, 0.2) is 36.9 Å². The standard InChI is InChI=1S/C14H16N4O2/c19-14(12-6-16-17-7-12)18-13-9-20-8-11(13)5-10-1-3-15-4-2-10/h1-4,6-7,11,13H,5,8-9H2,(H,16,17)(H,18,19)/t11-,13-/m1/s1. The number of ether oxygens (including phenoxy) is 1. The number of carbonyl (C=O) groups is 1. The maximum atomic E-state index is 12.0. The van der Waals surface area contributed by atoms with Crippen LogP contribution in [0.4, 0.5) is 0 Å². The van der Waals surface area contributed by atoms with Crippen molar-refractivity contribution in [1.29, 1.82) is 0 Å². The number of hydrogen-bond donors (Lipinski definition) is 2. The zero-order chi connectivity index (χ0) is 13.8. The van der Waals surface area contributed by atoms with Gasteiger partial charge in [0.25, 0.3) is 5.91 Å². The minimum atomic E-state index is -0.117. The van der Waals surface area contributed by atoms with E-state index in [1.54, 1.807) is 18.6 Å². The smallest absolute Gasteiger partial charge is 0.254 e. The van der Waals surface area contributed by atoms with E-state index >= 15 is 0 Å². The van der Waals surface area contributed by atoms with Gasteiger partial charge in [-0.05, 0) is 24.1 Å². The Hall–Kier alpha value is -2.21. The SMILES string of the molecule is O=C(N[C@@H]1COC[C@H]1Cc1ccncc1)c1cn[nH]c1. The van der Waals surface area contributed by atoms with Gasteiger partial charge in [-0.15, -0.1) is 0 Å². The third-order valence-electron chi connectivity index (χ3n) is 3.52. The Balaban J connectivity index is 1.62. The lowest BCUT2D eigenvalue weighted by Crippen LogP contribution is -2.40. The van der Waals surface area contributed by atoms with Gasteiger partial charge in [0.2, 0.25) is 0 Å². The molecule has 6 heteroatoms. The number of nitrogens with one attached hydrogen (secondary N) is 2. The molecule has 6 nitrogen and oxygen atoms in total. The van der Waals surface area contributed by atoms with Crippen molar-refractivity contribution < 1.29 is 9.53 Å². The molecule has 0 bridgehead atoms. The van der Waals surface area contributed by atoms with Crippen LogP contribution >= 0.6 is 0 Å². The summed E-state index contributed by atoms with van der Waals surface area (Å²) < 4.78 is 5.51. The summed E-state index contributed by atoms with van der Waals surface area (Å²) in [6, 6.07) is 4.02. The first-order valence-corrected chi connectivity index (χ1v) is 6.59. The molecule has 2 atom stereocenters. The van der Waals surface area contributed by atoms with Gasteiger partial charge in [0.1, 0.15) is 0 Å². The van der Waals surface area contributed by atoms with Gasteiger partial charge in [0.05, 0.1) is 31.0 Å². The summed E-state index contributed by atoms with van der Waals surface area (Å²) in [5, 5.41) is 9.43. The summed E-state index contributed by atoms with van der Waals surface area (Å²) in [6.07, 6.45) is 7.54. The number of aromatic amines is 1. The second kappa shape index (κ2) is 5.83. The molecular formula is C14H16N4O2. The molecule has 1 saturated heterocycles. The van der Waals surface area contributed by atoms with E-state index in [1.807, 2.05) is 12.1 Å². The molecule has 3 heterocycles. The van der Waals surface area contributed by atoms with Gasteiger partial charge < -0.3 is 10.1 Å². The summed E-state index contributed by atoms with van der Waals surface area (Å²) in [6.45, 7) is 1.22. The summed E-state index contributed by atoms with van der Waals surface area (Å²) in [7, 11) is 0. The summed E-state index contributed by atoms with van der Waals surface area (Å²) >= 11 is 0. The highest BCUT2D eigenvalue weighted by atomic mass is 16.5. The lowest BCUT2D eigenvalue weighted by atomic mass is 9.95. The number of aromatic nitrogens is 3. The van der Waals surface area contributed by atoms with Gasteiger partial charge >= 0.3 is 0 Å². The molecule has 1 aliphatic rings. The molecule has 1 fully saturated rings. The average Bonchev–Trinajstić information content (AvgIpc) is 3.12. The summed E-state index contributed by atoms with van der Waals surface area (Å²) in [5.74, 6) is 0.169. The predicted molar refractivity (Wildman–Crippen MR) is 72.1 cm³/mol. The maximum absolute atomic E-state index is 12.0. The Morgan fingerprint density at radius 2 is 2.25 bits per heavy atom. The first-order chi connectivity index (χ1) is 9.83. The normalized spacial score (nSPS) is 21.8. The van der Waals surface area contributed by atoms with Crippen molar-refractivity contribution in [2.45, 2.75) is 12.5 Å². The summed E-state index contributed by atoms with van der Waals surface area (Å²) in [5.41, 5.74) is 1.75. The van der Waals surface area contributed by atoms with E-state index in [4.69, 9.17) is 4.74 Å². The van der Waals surface area contributed by atoms with Gasteiger partial charge in [0, 0.05) is 24.5 Å². The van der Waals surface area contributed by atoms with Crippen LogP contribution in [0.2, 0.25) is 0 Å². The minimum Gasteiger partial charge on any atom is -0.379 e. The van der Waals surface area contributed by atoms with Crippen LogP contribution in [0.25, 0.3) is 0 Å². The van der Waals surface area contributed by atoms with Gasteiger partial charge in [-0.2, -0.15) is 5.10 Å². The van der Waals surface area contributed by atoms with E-state index < -0.39 is 0 Å². The second-order valence-electron chi connectivity index (χ2n) is 4.92. The topological polar surface area (TPSA) is 79.9 Å². The zero-order valence-electron chi connectivity index (χ0n) is 11.0. The molecule has 2 aromatic heterocycles. The number of rotatable bonds is 4. The fourth-order valence-electron chi connectivity index (χ4n) is 2.41. The highest BCUT2D eigenvalue weighted by molar-refractivity contribution is 5.93. The van der Waals surface area contributed by atoms with Gasteiger partial charge in [-0.3, -0.25) is 14.9 Å². The zero-order valence-corrected chi connectivity index (χ0v) is 11.0. The first kappa shape index (κ1) is 12.8. The fourth-order valence-corrected chi connectivity index (χ4v) is 2.41. The lowest BCUT2D eigenvalue weighted by Gasteiger charge is -2.18. The average molecular weight is 272 g/mol. The third-order valence-corrected chi connectivity index (χ3v) is 3.52. The molecule has 0 radical (unpaired) electrons.